The Kier molecular flexibility index (Phi) is 9.61. The maximum Gasteiger partial charge on any atom is 0.251 e. The second kappa shape index (κ2) is 11.5. The van der Waals surface area contributed by atoms with Crippen LogP contribution in [0, 0.1) is 6.92 Å². The second-order valence-electron chi connectivity index (χ2n) is 5.46. The summed E-state index contributed by atoms with van der Waals surface area (Å²) in [6, 6.07) is 17.6. The smallest absolute Gasteiger partial charge is 0.251 e. The Labute approximate surface area is 166 Å². The molecule has 0 aliphatic heterocycles. The van der Waals surface area contributed by atoms with E-state index in [4.69, 9.17) is 0 Å². The van der Waals surface area contributed by atoms with Gasteiger partial charge in [0.15, 0.2) is 5.96 Å². The van der Waals surface area contributed by atoms with Gasteiger partial charge in [0.1, 0.15) is 0 Å². The summed E-state index contributed by atoms with van der Waals surface area (Å²) in [5, 5.41) is 9.31. The van der Waals surface area contributed by atoms with Gasteiger partial charge in [-0.3, -0.25) is 9.79 Å². The summed E-state index contributed by atoms with van der Waals surface area (Å²) >= 11 is 0. The maximum atomic E-state index is 11.9. The zero-order valence-corrected chi connectivity index (χ0v) is 16.9. The highest BCUT2D eigenvalue weighted by Gasteiger charge is 2.03. The lowest BCUT2D eigenvalue weighted by Gasteiger charge is -2.12. The van der Waals surface area contributed by atoms with Crippen molar-refractivity contribution in [1.29, 1.82) is 0 Å². The van der Waals surface area contributed by atoms with Crippen LogP contribution in [0.5, 0.6) is 0 Å². The number of nitrogens with one attached hydrogen (secondary N) is 3. The molecule has 0 saturated carbocycles. The standard InChI is InChI=1S/C19H24N4O.HI/c1-15-8-10-16(11-9-15)14-23-19(20-2)22-13-12-21-18(24)17-6-4-3-5-7-17;/h3-11H,12-14H2,1-2H3,(H,21,24)(H2,20,22,23);1H. The molecule has 134 valence electrons. The van der Waals surface area contributed by atoms with E-state index in [1.165, 1.54) is 11.1 Å². The predicted molar refractivity (Wildman–Crippen MR) is 114 cm³/mol. The van der Waals surface area contributed by atoms with Gasteiger partial charge in [0.25, 0.3) is 5.91 Å². The average molecular weight is 452 g/mol. The van der Waals surface area contributed by atoms with Gasteiger partial charge in [-0.2, -0.15) is 0 Å². The van der Waals surface area contributed by atoms with Gasteiger partial charge < -0.3 is 16.0 Å². The molecule has 1 amide bonds. The van der Waals surface area contributed by atoms with Crippen molar-refractivity contribution in [2.45, 2.75) is 13.5 Å². The van der Waals surface area contributed by atoms with Crippen molar-refractivity contribution in [1.82, 2.24) is 16.0 Å². The number of rotatable bonds is 6. The minimum atomic E-state index is -0.0694. The van der Waals surface area contributed by atoms with E-state index in [9.17, 15) is 4.79 Å². The zero-order chi connectivity index (χ0) is 17.2. The minimum absolute atomic E-state index is 0. The predicted octanol–water partition coefficient (Wildman–Crippen LogP) is 2.71. The first-order valence-corrected chi connectivity index (χ1v) is 8.02. The molecule has 0 heterocycles. The van der Waals surface area contributed by atoms with E-state index in [-0.39, 0.29) is 29.9 Å². The van der Waals surface area contributed by atoms with Gasteiger partial charge in [0.2, 0.25) is 0 Å². The van der Waals surface area contributed by atoms with Crippen molar-refractivity contribution >= 4 is 35.8 Å². The van der Waals surface area contributed by atoms with Gasteiger partial charge in [-0.1, -0.05) is 48.0 Å². The average Bonchev–Trinajstić information content (AvgIpc) is 2.63. The highest BCUT2D eigenvalue weighted by Crippen LogP contribution is 2.02. The van der Waals surface area contributed by atoms with Crippen LogP contribution in [0.2, 0.25) is 0 Å². The molecular weight excluding hydrogens is 427 g/mol. The zero-order valence-electron chi connectivity index (χ0n) is 14.6. The fourth-order valence-corrected chi connectivity index (χ4v) is 2.16. The second-order valence-corrected chi connectivity index (χ2v) is 5.46. The number of amides is 1. The third kappa shape index (κ3) is 7.55. The SMILES string of the molecule is CN=C(NCCNC(=O)c1ccccc1)NCc1ccc(C)cc1.I. The molecule has 25 heavy (non-hydrogen) atoms. The number of nitrogens with zero attached hydrogens (tertiary/aromatic N) is 1. The molecule has 0 aromatic heterocycles. The van der Waals surface area contributed by atoms with Crippen molar-refractivity contribution in [3.63, 3.8) is 0 Å². The Balaban J connectivity index is 0.00000312. The van der Waals surface area contributed by atoms with Gasteiger partial charge in [0, 0.05) is 32.2 Å². The summed E-state index contributed by atoms with van der Waals surface area (Å²) in [4.78, 5) is 16.1. The molecular formula is C19H25IN4O. The van der Waals surface area contributed by atoms with Gasteiger partial charge >= 0.3 is 0 Å². The third-order valence-electron chi connectivity index (χ3n) is 3.54. The van der Waals surface area contributed by atoms with Gasteiger partial charge in [-0.25, -0.2) is 0 Å². The first kappa shape index (κ1) is 21.0. The van der Waals surface area contributed by atoms with Crippen LogP contribution in [0.4, 0.5) is 0 Å². The number of benzene rings is 2. The number of guanidine groups is 1. The Morgan fingerprint density at radius 1 is 0.920 bits per heavy atom. The van der Waals surface area contributed by atoms with Gasteiger partial charge in [-0.05, 0) is 24.6 Å². The molecule has 0 aliphatic carbocycles. The summed E-state index contributed by atoms with van der Waals surface area (Å²) in [5.74, 6) is 0.643. The van der Waals surface area contributed by atoms with Crippen LogP contribution in [-0.2, 0) is 6.54 Å². The number of aliphatic imine (C=N–C) groups is 1. The molecule has 0 saturated heterocycles. The number of carbonyl (C=O) groups is 1. The summed E-state index contributed by atoms with van der Waals surface area (Å²) in [7, 11) is 1.73. The largest absolute Gasteiger partial charge is 0.355 e. The van der Waals surface area contributed by atoms with Crippen molar-refractivity contribution in [3.8, 4) is 0 Å². The monoisotopic (exact) mass is 452 g/mol. The van der Waals surface area contributed by atoms with Crippen LogP contribution in [0.15, 0.2) is 59.6 Å². The van der Waals surface area contributed by atoms with Crippen molar-refractivity contribution < 1.29 is 4.79 Å². The number of halogens is 1. The van der Waals surface area contributed by atoms with Gasteiger partial charge in [-0.15, -0.1) is 24.0 Å². The molecule has 0 fully saturated rings. The van der Waals surface area contributed by atoms with Crippen LogP contribution in [-0.4, -0.2) is 32.0 Å². The number of hydrogen-bond donors (Lipinski definition) is 3. The minimum Gasteiger partial charge on any atom is -0.355 e. The number of hydrogen-bond acceptors (Lipinski definition) is 2. The summed E-state index contributed by atoms with van der Waals surface area (Å²) in [6.07, 6.45) is 0. The molecule has 5 nitrogen and oxygen atoms in total. The van der Waals surface area contributed by atoms with E-state index in [2.05, 4.69) is 52.1 Å². The number of aryl methyl sites for hydroxylation is 1. The molecule has 0 spiro atoms. The van der Waals surface area contributed by atoms with E-state index in [0.29, 0.717) is 31.2 Å². The van der Waals surface area contributed by atoms with Crippen molar-refractivity contribution in [2.75, 3.05) is 20.1 Å². The quantitative estimate of drug-likeness (QED) is 0.273. The van der Waals surface area contributed by atoms with Crippen LogP contribution >= 0.6 is 24.0 Å². The molecule has 0 radical (unpaired) electrons. The van der Waals surface area contributed by atoms with E-state index in [1.54, 1.807) is 19.2 Å². The Morgan fingerprint density at radius 3 is 2.20 bits per heavy atom. The first-order chi connectivity index (χ1) is 11.7. The molecule has 2 rings (SSSR count). The lowest BCUT2D eigenvalue weighted by atomic mass is 10.1. The highest BCUT2D eigenvalue weighted by molar-refractivity contribution is 14.0. The molecule has 3 N–H and O–H groups in total. The Bertz CT molecular complexity index is 672. The van der Waals surface area contributed by atoms with Crippen molar-refractivity contribution in [3.05, 3.63) is 71.3 Å². The molecule has 0 unspecified atom stereocenters. The van der Waals surface area contributed by atoms with E-state index in [1.807, 2.05) is 18.2 Å². The Morgan fingerprint density at radius 2 is 1.56 bits per heavy atom. The number of carbonyl (C=O) groups excluding carboxylic acids is 1. The van der Waals surface area contributed by atoms with Crippen molar-refractivity contribution in [2.24, 2.45) is 4.99 Å². The van der Waals surface area contributed by atoms with Gasteiger partial charge in [0.05, 0.1) is 0 Å². The fourth-order valence-electron chi connectivity index (χ4n) is 2.16. The third-order valence-corrected chi connectivity index (χ3v) is 3.54. The van der Waals surface area contributed by atoms with Crippen LogP contribution < -0.4 is 16.0 Å². The lowest BCUT2D eigenvalue weighted by molar-refractivity contribution is 0.0954. The lowest BCUT2D eigenvalue weighted by Crippen LogP contribution is -2.41. The first-order valence-electron chi connectivity index (χ1n) is 8.02. The Hall–Kier alpha value is -2.09. The normalized spacial score (nSPS) is 10.6. The molecule has 0 atom stereocenters. The fraction of sp³-hybridized carbons (Fsp3) is 0.263. The summed E-state index contributed by atoms with van der Waals surface area (Å²) in [5.41, 5.74) is 3.11. The molecule has 0 aliphatic rings. The molecule has 2 aromatic rings. The van der Waals surface area contributed by atoms with Crippen LogP contribution in [0.1, 0.15) is 21.5 Å². The summed E-state index contributed by atoms with van der Waals surface area (Å²) in [6.45, 7) is 3.91. The van der Waals surface area contributed by atoms with E-state index >= 15 is 0 Å². The van der Waals surface area contributed by atoms with E-state index < -0.39 is 0 Å². The summed E-state index contributed by atoms with van der Waals surface area (Å²) < 4.78 is 0. The topological polar surface area (TPSA) is 65.5 Å². The molecule has 6 heteroatoms. The van der Waals surface area contributed by atoms with Crippen LogP contribution in [0.3, 0.4) is 0 Å². The van der Waals surface area contributed by atoms with E-state index in [0.717, 1.165) is 0 Å². The van der Waals surface area contributed by atoms with Crippen LogP contribution in [0.25, 0.3) is 0 Å². The highest BCUT2D eigenvalue weighted by atomic mass is 127. The maximum absolute atomic E-state index is 11.9. The molecule has 0 bridgehead atoms. The molecule has 2 aromatic carbocycles.